The summed E-state index contributed by atoms with van der Waals surface area (Å²) in [6.07, 6.45) is 0. The first kappa shape index (κ1) is 19.1. The van der Waals surface area contributed by atoms with E-state index in [0.717, 1.165) is 14.7 Å². The summed E-state index contributed by atoms with van der Waals surface area (Å²) in [4.78, 5) is 24.4. The van der Waals surface area contributed by atoms with Crippen molar-refractivity contribution >= 4 is 39.1 Å². The Bertz CT molecular complexity index is 1050. The molecule has 0 aliphatic carbocycles. The Morgan fingerprint density at radius 2 is 2.04 bits per heavy atom. The molecular formula is C19H15BrClN3O3. The fraction of sp³-hybridized carbons (Fsp3) is 0.105. The first-order valence-electron chi connectivity index (χ1n) is 7.94. The Morgan fingerprint density at radius 1 is 1.22 bits per heavy atom. The number of aromatic nitrogens is 2. The van der Waals surface area contributed by atoms with Crippen LogP contribution in [0, 0.1) is 0 Å². The highest BCUT2D eigenvalue weighted by Crippen LogP contribution is 2.27. The molecule has 0 atom stereocenters. The van der Waals surface area contributed by atoms with Crippen LogP contribution in [0.15, 0.2) is 63.9 Å². The van der Waals surface area contributed by atoms with Crippen LogP contribution in [0.3, 0.4) is 0 Å². The SMILES string of the molecule is COc1ccc(NC(=O)Cn2nc(-c3cccc(Br)c3)ccc2=O)cc1Cl. The summed E-state index contributed by atoms with van der Waals surface area (Å²) in [5, 5.41) is 7.36. The van der Waals surface area contributed by atoms with Gasteiger partial charge >= 0.3 is 0 Å². The van der Waals surface area contributed by atoms with E-state index in [1.165, 1.54) is 13.2 Å². The molecule has 8 heteroatoms. The normalized spacial score (nSPS) is 10.5. The number of nitrogens with one attached hydrogen (secondary N) is 1. The molecule has 0 saturated heterocycles. The van der Waals surface area contributed by atoms with Crippen LogP contribution in [0.5, 0.6) is 5.75 Å². The van der Waals surface area contributed by atoms with Crippen molar-refractivity contribution in [1.82, 2.24) is 9.78 Å². The summed E-state index contributed by atoms with van der Waals surface area (Å²) in [6.45, 7) is -0.218. The lowest BCUT2D eigenvalue weighted by molar-refractivity contribution is -0.117. The number of methoxy groups -OCH3 is 1. The molecule has 1 aromatic heterocycles. The third kappa shape index (κ3) is 4.75. The Hall–Kier alpha value is -2.64. The van der Waals surface area contributed by atoms with Crippen molar-refractivity contribution in [2.45, 2.75) is 6.54 Å². The van der Waals surface area contributed by atoms with E-state index < -0.39 is 5.91 Å². The highest BCUT2D eigenvalue weighted by molar-refractivity contribution is 9.10. The number of carbonyl (C=O) groups excluding carboxylic acids is 1. The highest BCUT2D eigenvalue weighted by atomic mass is 79.9. The predicted molar refractivity (Wildman–Crippen MR) is 108 cm³/mol. The van der Waals surface area contributed by atoms with Crippen molar-refractivity contribution in [3.05, 3.63) is 74.4 Å². The molecule has 0 aliphatic heterocycles. The number of anilines is 1. The van der Waals surface area contributed by atoms with Gasteiger partial charge in [-0.15, -0.1) is 0 Å². The molecule has 138 valence electrons. The van der Waals surface area contributed by atoms with Gasteiger partial charge in [-0.25, -0.2) is 4.68 Å². The van der Waals surface area contributed by atoms with Crippen molar-refractivity contribution in [3.8, 4) is 17.0 Å². The fourth-order valence-corrected chi connectivity index (χ4v) is 3.10. The molecule has 27 heavy (non-hydrogen) atoms. The zero-order valence-corrected chi connectivity index (χ0v) is 16.6. The summed E-state index contributed by atoms with van der Waals surface area (Å²) in [5.74, 6) is 0.117. The number of carbonyl (C=O) groups is 1. The van der Waals surface area contributed by atoms with Gasteiger partial charge in [-0.2, -0.15) is 5.10 Å². The lowest BCUT2D eigenvalue weighted by atomic mass is 10.1. The first-order chi connectivity index (χ1) is 13.0. The average molecular weight is 449 g/mol. The van der Waals surface area contributed by atoms with E-state index in [4.69, 9.17) is 16.3 Å². The largest absolute Gasteiger partial charge is 0.495 e. The number of halogens is 2. The van der Waals surface area contributed by atoms with Gasteiger partial charge in [0.05, 0.1) is 17.8 Å². The summed E-state index contributed by atoms with van der Waals surface area (Å²) in [5.41, 5.74) is 1.57. The van der Waals surface area contributed by atoms with Gasteiger partial charge in [-0.3, -0.25) is 9.59 Å². The topological polar surface area (TPSA) is 73.2 Å². The number of hydrogen-bond acceptors (Lipinski definition) is 4. The van der Waals surface area contributed by atoms with Gasteiger partial charge in [0.1, 0.15) is 12.3 Å². The standard InChI is InChI=1S/C19H15BrClN3O3/c1-27-17-7-5-14(10-15(17)21)22-18(25)11-24-19(26)8-6-16(23-24)12-3-2-4-13(20)9-12/h2-10H,11H2,1H3,(H,22,25). The summed E-state index contributed by atoms with van der Waals surface area (Å²) in [6, 6.07) is 15.4. The maximum Gasteiger partial charge on any atom is 0.267 e. The molecule has 0 unspecified atom stereocenters. The summed E-state index contributed by atoms with van der Waals surface area (Å²) >= 11 is 9.46. The van der Waals surface area contributed by atoms with Gasteiger partial charge < -0.3 is 10.1 Å². The number of nitrogens with zero attached hydrogens (tertiary/aromatic N) is 2. The number of ether oxygens (including phenoxy) is 1. The smallest absolute Gasteiger partial charge is 0.267 e. The first-order valence-corrected chi connectivity index (χ1v) is 9.11. The van der Waals surface area contributed by atoms with Crippen LogP contribution in [0.25, 0.3) is 11.3 Å². The van der Waals surface area contributed by atoms with Crippen LogP contribution in [-0.4, -0.2) is 22.8 Å². The van der Waals surface area contributed by atoms with Crippen LogP contribution in [0.4, 0.5) is 5.69 Å². The van der Waals surface area contributed by atoms with E-state index in [1.807, 2.05) is 24.3 Å². The van der Waals surface area contributed by atoms with E-state index in [9.17, 15) is 9.59 Å². The molecule has 0 saturated carbocycles. The second-order valence-corrected chi connectivity index (χ2v) is 6.95. The maximum atomic E-state index is 12.3. The van der Waals surface area contributed by atoms with Gasteiger partial charge in [0.15, 0.2) is 0 Å². The van der Waals surface area contributed by atoms with Gasteiger partial charge in [0.2, 0.25) is 5.91 Å². The van der Waals surface area contributed by atoms with Crippen LogP contribution in [0.2, 0.25) is 5.02 Å². The van der Waals surface area contributed by atoms with Crippen molar-refractivity contribution in [1.29, 1.82) is 0 Å². The second kappa shape index (κ2) is 8.37. The lowest BCUT2D eigenvalue weighted by Crippen LogP contribution is -2.29. The molecule has 6 nitrogen and oxygen atoms in total. The van der Waals surface area contributed by atoms with Gasteiger partial charge in [0.25, 0.3) is 5.56 Å². The molecule has 3 rings (SSSR count). The lowest BCUT2D eigenvalue weighted by Gasteiger charge is -2.10. The predicted octanol–water partition coefficient (Wildman–Crippen LogP) is 3.97. The Balaban J connectivity index is 1.78. The maximum absolute atomic E-state index is 12.3. The van der Waals surface area contributed by atoms with E-state index >= 15 is 0 Å². The van der Waals surface area contributed by atoms with Crippen molar-refractivity contribution < 1.29 is 9.53 Å². The minimum absolute atomic E-state index is 0.218. The number of hydrogen-bond donors (Lipinski definition) is 1. The van der Waals surface area contributed by atoms with Crippen molar-refractivity contribution in [2.75, 3.05) is 12.4 Å². The van der Waals surface area contributed by atoms with Crippen LogP contribution < -0.4 is 15.6 Å². The molecular weight excluding hydrogens is 434 g/mol. The summed E-state index contributed by atoms with van der Waals surface area (Å²) < 4.78 is 7.10. The molecule has 0 radical (unpaired) electrons. The van der Waals surface area contributed by atoms with Gasteiger partial charge in [0, 0.05) is 21.8 Å². The quantitative estimate of drug-likeness (QED) is 0.641. The molecule has 1 heterocycles. The van der Waals surface area contributed by atoms with Gasteiger partial charge in [-0.1, -0.05) is 39.7 Å². The van der Waals surface area contributed by atoms with Crippen molar-refractivity contribution in [3.63, 3.8) is 0 Å². The van der Waals surface area contributed by atoms with Gasteiger partial charge in [-0.05, 0) is 36.4 Å². The Labute approximate surface area is 168 Å². The van der Waals surface area contributed by atoms with Crippen molar-refractivity contribution in [2.24, 2.45) is 0 Å². The van der Waals surface area contributed by atoms with Crippen LogP contribution in [0.1, 0.15) is 0 Å². The third-order valence-corrected chi connectivity index (χ3v) is 4.50. The number of benzene rings is 2. The minimum Gasteiger partial charge on any atom is -0.495 e. The van der Waals surface area contributed by atoms with E-state index in [0.29, 0.717) is 22.2 Å². The average Bonchev–Trinajstić information content (AvgIpc) is 2.63. The molecule has 1 N–H and O–H groups in total. The molecule has 1 amide bonds. The Kier molecular flexibility index (Phi) is 5.93. The fourth-order valence-electron chi connectivity index (χ4n) is 2.44. The number of rotatable bonds is 5. The zero-order valence-electron chi connectivity index (χ0n) is 14.3. The molecule has 0 fully saturated rings. The second-order valence-electron chi connectivity index (χ2n) is 5.62. The molecule has 2 aromatic carbocycles. The molecule has 3 aromatic rings. The van der Waals surface area contributed by atoms with E-state index in [2.05, 4.69) is 26.3 Å². The van der Waals surface area contributed by atoms with Crippen LogP contribution >= 0.6 is 27.5 Å². The molecule has 0 spiro atoms. The third-order valence-electron chi connectivity index (χ3n) is 3.72. The minimum atomic E-state index is -0.391. The Morgan fingerprint density at radius 3 is 2.74 bits per heavy atom. The monoisotopic (exact) mass is 447 g/mol. The molecule has 0 bridgehead atoms. The molecule has 0 aliphatic rings. The number of amides is 1. The highest BCUT2D eigenvalue weighted by Gasteiger charge is 2.10. The van der Waals surface area contributed by atoms with Crippen LogP contribution in [-0.2, 0) is 11.3 Å². The summed E-state index contributed by atoms with van der Waals surface area (Å²) in [7, 11) is 1.51. The zero-order chi connectivity index (χ0) is 19.4. The van der Waals surface area contributed by atoms with E-state index in [-0.39, 0.29) is 12.1 Å². The van der Waals surface area contributed by atoms with E-state index in [1.54, 1.807) is 24.3 Å².